The highest BCUT2D eigenvalue weighted by Gasteiger charge is 2.15. The largest absolute Gasteiger partial charge is 0.394 e. The molecule has 0 bridgehead atoms. The van der Waals surface area contributed by atoms with Crippen LogP contribution in [-0.2, 0) is 0 Å². The third kappa shape index (κ3) is 4.61. The number of nitrogens with one attached hydrogen (secondary N) is 2. The second-order valence-corrected chi connectivity index (χ2v) is 5.73. The molecule has 0 spiro atoms. The first-order valence-electron chi connectivity index (χ1n) is 7.21. The van der Waals surface area contributed by atoms with Crippen LogP contribution in [0.3, 0.4) is 0 Å². The summed E-state index contributed by atoms with van der Waals surface area (Å²) in [5.41, 5.74) is 2.38. The standard InChI is InChI=1S/C17H20ClN3O2/c1-21(2)16-6-4-3-5-14(16)19-17(23)20-15(11-22)12-7-9-13(18)10-8-12/h3-10,15,22H,11H2,1-2H3,(H2,19,20,23). The van der Waals surface area contributed by atoms with Crippen molar-refractivity contribution in [3.8, 4) is 0 Å². The van der Waals surface area contributed by atoms with Gasteiger partial charge in [-0.25, -0.2) is 4.79 Å². The summed E-state index contributed by atoms with van der Waals surface area (Å²) in [5, 5.41) is 15.7. The van der Waals surface area contributed by atoms with E-state index >= 15 is 0 Å². The van der Waals surface area contributed by atoms with Gasteiger partial charge < -0.3 is 20.6 Å². The number of urea groups is 1. The van der Waals surface area contributed by atoms with Crippen LogP contribution in [0.5, 0.6) is 0 Å². The number of hydrogen-bond donors (Lipinski definition) is 3. The van der Waals surface area contributed by atoms with Crippen LogP contribution in [0.25, 0.3) is 0 Å². The fraction of sp³-hybridized carbons (Fsp3) is 0.235. The normalized spacial score (nSPS) is 11.7. The van der Waals surface area contributed by atoms with E-state index in [-0.39, 0.29) is 12.6 Å². The molecule has 0 aliphatic heterocycles. The van der Waals surface area contributed by atoms with Crippen LogP contribution in [0.2, 0.25) is 5.02 Å². The zero-order valence-corrected chi connectivity index (χ0v) is 13.8. The number of amides is 2. The van der Waals surface area contributed by atoms with Gasteiger partial charge in [-0.05, 0) is 29.8 Å². The van der Waals surface area contributed by atoms with Crippen LogP contribution < -0.4 is 15.5 Å². The van der Waals surface area contributed by atoms with Crippen LogP contribution in [0.15, 0.2) is 48.5 Å². The average molecular weight is 334 g/mol. The first-order valence-corrected chi connectivity index (χ1v) is 7.59. The van der Waals surface area contributed by atoms with Crippen molar-refractivity contribution in [2.75, 3.05) is 30.9 Å². The van der Waals surface area contributed by atoms with E-state index in [4.69, 9.17) is 11.6 Å². The molecule has 2 aromatic rings. The van der Waals surface area contributed by atoms with Crippen molar-refractivity contribution in [1.82, 2.24) is 5.32 Å². The predicted octanol–water partition coefficient (Wildman–Crippen LogP) is 3.26. The zero-order chi connectivity index (χ0) is 16.8. The zero-order valence-electron chi connectivity index (χ0n) is 13.1. The molecule has 0 radical (unpaired) electrons. The van der Waals surface area contributed by atoms with Crippen molar-refractivity contribution < 1.29 is 9.90 Å². The minimum Gasteiger partial charge on any atom is -0.394 e. The molecule has 0 saturated heterocycles. The molecule has 0 aromatic heterocycles. The Morgan fingerprint density at radius 1 is 1.17 bits per heavy atom. The summed E-state index contributed by atoms with van der Waals surface area (Å²) in [6, 6.07) is 13.6. The molecule has 2 aromatic carbocycles. The summed E-state index contributed by atoms with van der Waals surface area (Å²) >= 11 is 5.85. The van der Waals surface area contributed by atoms with E-state index in [2.05, 4.69) is 10.6 Å². The van der Waals surface area contributed by atoms with Crippen molar-refractivity contribution >= 4 is 29.0 Å². The van der Waals surface area contributed by atoms with E-state index in [1.54, 1.807) is 24.3 Å². The quantitative estimate of drug-likeness (QED) is 0.787. The Morgan fingerprint density at radius 3 is 2.43 bits per heavy atom. The number of benzene rings is 2. The minimum atomic E-state index is -0.501. The fourth-order valence-electron chi connectivity index (χ4n) is 2.22. The van der Waals surface area contributed by atoms with Gasteiger partial charge in [-0.3, -0.25) is 0 Å². The van der Waals surface area contributed by atoms with Crippen molar-refractivity contribution in [3.05, 3.63) is 59.1 Å². The SMILES string of the molecule is CN(C)c1ccccc1NC(=O)NC(CO)c1ccc(Cl)cc1. The molecule has 0 fully saturated rings. The monoisotopic (exact) mass is 333 g/mol. The number of halogens is 1. The van der Waals surface area contributed by atoms with E-state index in [0.717, 1.165) is 11.3 Å². The predicted molar refractivity (Wildman–Crippen MR) is 94.2 cm³/mol. The fourth-order valence-corrected chi connectivity index (χ4v) is 2.34. The number of carbonyl (C=O) groups is 1. The maximum Gasteiger partial charge on any atom is 0.319 e. The highest BCUT2D eigenvalue weighted by molar-refractivity contribution is 6.30. The Balaban J connectivity index is 2.07. The van der Waals surface area contributed by atoms with Gasteiger partial charge in [-0.15, -0.1) is 0 Å². The van der Waals surface area contributed by atoms with Crippen molar-refractivity contribution in [1.29, 1.82) is 0 Å². The van der Waals surface area contributed by atoms with E-state index in [1.165, 1.54) is 0 Å². The van der Waals surface area contributed by atoms with Crippen LogP contribution in [0, 0.1) is 0 Å². The Labute approximate surface area is 140 Å². The lowest BCUT2D eigenvalue weighted by atomic mass is 10.1. The van der Waals surface area contributed by atoms with E-state index in [0.29, 0.717) is 10.7 Å². The molecule has 0 aliphatic carbocycles. The first-order chi connectivity index (χ1) is 11.0. The number of para-hydroxylation sites is 2. The van der Waals surface area contributed by atoms with Crippen LogP contribution in [0.4, 0.5) is 16.2 Å². The summed E-state index contributed by atoms with van der Waals surface area (Å²) in [4.78, 5) is 14.1. The minimum absolute atomic E-state index is 0.204. The van der Waals surface area contributed by atoms with Gasteiger partial charge >= 0.3 is 6.03 Å². The first kappa shape index (κ1) is 17.1. The maximum absolute atomic E-state index is 12.2. The van der Waals surface area contributed by atoms with Crippen molar-refractivity contribution in [3.63, 3.8) is 0 Å². The Kier molecular flexibility index (Phi) is 5.84. The third-order valence-corrected chi connectivity index (χ3v) is 3.65. The summed E-state index contributed by atoms with van der Waals surface area (Å²) in [6.45, 7) is -0.204. The molecule has 0 aliphatic rings. The molecule has 3 N–H and O–H groups in total. The van der Waals surface area contributed by atoms with Gasteiger partial charge in [-0.2, -0.15) is 0 Å². The van der Waals surface area contributed by atoms with Gasteiger partial charge in [0, 0.05) is 19.1 Å². The molecule has 0 saturated carbocycles. The maximum atomic E-state index is 12.2. The third-order valence-electron chi connectivity index (χ3n) is 3.39. The summed E-state index contributed by atoms with van der Waals surface area (Å²) < 4.78 is 0. The lowest BCUT2D eigenvalue weighted by Gasteiger charge is -2.20. The molecule has 2 amide bonds. The van der Waals surface area contributed by atoms with Gasteiger partial charge in [0.15, 0.2) is 0 Å². The van der Waals surface area contributed by atoms with Crippen molar-refractivity contribution in [2.45, 2.75) is 6.04 Å². The topological polar surface area (TPSA) is 64.6 Å². The Hall–Kier alpha value is -2.24. The molecule has 5 nitrogen and oxygen atoms in total. The average Bonchev–Trinajstić information content (AvgIpc) is 2.54. The molecule has 122 valence electrons. The molecular weight excluding hydrogens is 314 g/mol. The molecular formula is C17H20ClN3O2. The Morgan fingerprint density at radius 2 is 1.83 bits per heavy atom. The highest BCUT2D eigenvalue weighted by atomic mass is 35.5. The Bertz CT molecular complexity index is 659. The molecule has 2 rings (SSSR count). The number of nitrogens with zero attached hydrogens (tertiary/aromatic N) is 1. The van der Waals surface area contributed by atoms with E-state index in [9.17, 15) is 9.90 Å². The van der Waals surface area contributed by atoms with Crippen LogP contribution >= 0.6 is 11.6 Å². The number of anilines is 2. The smallest absolute Gasteiger partial charge is 0.319 e. The second kappa shape index (κ2) is 7.85. The molecule has 23 heavy (non-hydrogen) atoms. The van der Waals surface area contributed by atoms with Crippen LogP contribution in [-0.4, -0.2) is 31.8 Å². The van der Waals surface area contributed by atoms with Gasteiger partial charge in [0.2, 0.25) is 0 Å². The summed E-state index contributed by atoms with van der Waals surface area (Å²) in [7, 11) is 3.81. The van der Waals surface area contributed by atoms with E-state index in [1.807, 2.05) is 43.3 Å². The van der Waals surface area contributed by atoms with Gasteiger partial charge in [0.25, 0.3) is 0 Å². The number of hydrogen-bond acceptors (Lipinski definition) is 3. The van der Waals surface area contributed by atoms with Crippen LogP contribution in [0.1, 0.15) is 11.6 Å². The number of aliphatic hydroxyl groups is 1. The molecule has 0 heterocycles. The number of rotatable bonds is 5. The van der Waals surface area contributed by atoms with Gasteiger partial charge in [0.1, 0.15) is 0 Å². The summed E-state index contributed by atoms with van der Waals surface area (Å²) in [5.74, 6) is 0. The van der Waals surface area contributed by atoms with E-state index < -0.39 is 6.04 Å². The van der Waals surface area contributed by atoms with Gasteiger partial charge in [-0.1, -0.05) is 35.9 Å². The molecule has 6 heteroatoms. The number of carbonyl (C=O) groups excluding carboxylic acids is 1. The number of aliphatic hydroxyl groups excluding tert-OH is 1. The molecule has 1 unspecified atom stereocenters. The highest BCUT2D eigenvalue weighted by Crippen LogP contribution is 2.23. The lowest BCUT2D eigenvalue weighted by Crippen LogP contribution is -2.34. The summed E-state index contributed by atoms with van der Waals surface area (Å²) in [6.07, 6.45) is 0. The lowest BCUT2D eigenvalue weighted by molar-refractivity contribution is 0.225. The van der Waals surface area contributed by atoms with Crippen molar-refractivity contribution in [2.24, 2.45) is 0 Å². The van der Waals surface area contributed by atoms with Gasteiger partial charge in [0.05, 0.1) is 24.0 Å². The second-order valence-electron chi connectivity index (χ2n) is 5.30. The molecule has 1 atom stereocenters.